The lowest BCUT2D eigenvalue weighted by atomic mass is 10.2. The van der Waals surface area contributed by atoms with E-state index < -0.39 is 12.1 Å². The van der Waals surface area contributed by atoms with Crippen LogP contribution in [0.3, 0.4) is 0 Å². The standard InChI is InChI=1S/C12H12O5/c13-12(14)11(7-1-2-7)17-8-3-4-9-10(5-8)16-6-15-9/h3-5,7,11H,1-2,6H2,(H,13,14). The van der Waals surface area contributed by atoms with Crippen molar-refractivity contribution in [1.82, 2.24) is 0 Å². The molecule has 0 spiro atoms. The van der Waals surface area contributed by atoms with Gasteiger partial charge in [0.1, 0.15) is 5.75 Å². The summed E-state index contributed by atoms with van der Waals surface area (Å²) in [7, 11) is 0. The van der Waals surface area contributed by atoms with E-state index in [0.717, 1.165) is 12.8 Å². The average molecular weight is 236 g/mol. The summed E-state index contributed by atoms with van der Waals surface area (Å²) in [6.07, 6.45) is 1.08. The van der Waals surface area contributed by atoms with E-state index in [2.05, 4.69) is 0 Å². The number of aliphatic carboxylic acids is 1. The van der Waals surface area contributed by atoms with Crippen molar-refractivity contribution >= 4 is 5.97 Å². The van der Waals surface area contributed by atoms with E-state index in [1.165, 1.54) is 0 Å². The summed E-state index contributed by atoms with van der Waals surface area (Å²) in [5, 5.41) is 9.06. The second-order valence-electron chi connectivity index (χ2n) is 4.23. The highest BCUT2D eigenvalue weighted by atomic mass is 16.7. The van der Waals surface area contributed by atoms with Crippen LogP contribution in [0.25, 0.3) is 0 Å². The number of carbonyl (C=O) groups is 1. The molecule has 1 N–H and O–H groups in total. The van der Waals surface area contributed by atoms with Gasteiger partial charge in [-0.05, 0) is 25.0 Å². The van der Waals surface area contributed by atoms with Crippen molar-refractivity contribution in [2.75, 3.05) is 6.79 Å². The fourth-order valence-corrected chi connectivity index (χ4v) is 1.84. The molecule has 5 heteroatoms. The summed E-state index contributed by atoms with van der Waals surface area (Å²) in [6, 6.07) is 5.09. The summed E-state index contributed by atoms with van der Waals surface area (Å²) in [4.78, 5) is 11.0. The monoisotopic (exact) mass is 236 g/mol. The molecule has 1 heterocycles. The van der Waals surface area contributed by atoms with Gasteiger partial charge in [-0.15, -0.1) is 0 Å². The van der Waals surface area contributed by atoms with Gasteiger partial charge in [0.15, 0.2) is 17.6 Å². The quantitative estimate of drug-likeness (QED) is 0.861. The third-order valence-corrected chi connectivity index (χ3v) is 2.90. The molecule has 0 saturated heterocycles. The predicted molar refractivity (Wildman–Crippen MR) is 57.3 cm³/mol. The van der Waals surface area contributed by atoms with E-state index in [1.807, 2.05) is 0 Å². The summed E-state index contributed by atoms with van der Waals surface area (Å²) in [6.45, 7) is 0.198. The molecule has 1 atom stereocenters. The van der Waals surface area contributed by atoms with Crippen molar-refractivity contribution in [2.45, 2.75) is 18.9 Å². The number of carboxylic acid groups (broad SMARTS) is 1. The van der Waals surface area contributed by atoms with Gasteiger partial charge < -0.3 is 19.3 Å². The van der Waals surface area contributed by atoms with Gasteiger partial charge in [0.2, 0.25) is 6.79 Å². The maximum Gasteiger partial charge on any atom is 0.345 e. The maximum atomic E-state index is 11.0. The van der Waals surface area contributed by atoms with E-state index in [1.54, 1.807) is 18.2 Å². The van der Waals surface area contributed by atoms with Crippen LogP contribution in [0.15, 0.2) is 18.2 Å². The topological polar surface area (TPSA) is 65.0 Å². The van der Waals surface area contributed by atoms with Crippen LogP contribution in [0.4, 0.5) is 0 Å². The minimum absolute atomic E-state index is 0.137. The third-order valence-electron chi connectivity index (χ3n) is 2.90. The minimum Gasteiger partial charge on any atom is -0.478 e. The molecule has 0 radical (unpaired) electrons. The van der Waals surface area contributed by atoms with E-state index in [9.17, 15) is 4.79 Å². The first kappa shape index (κ1) is 10.3. The van der Waals surface area contributed by atoms with Crippen molar-refractivity contribution in [3.63, 3.8) is 0 Å². The normalized spacial score (nSPS) is 18.8. The van der Waals surface area contributed by atoms with Gasteiger partial charge in [-0.3, -0.25) is 0 Å². The first-order valence-electron chi connectivity index (χ1n) is 5.53. The molecule has 1 aromatic carbocycles. The van der Waals surface area contributed by atoms with Crippen molar-refractivity contribution in [1.29, 1.82) is 0 Å². The highest BCUT2D eigenvalue weighted by molar-refractivity contribution is 5.73. The van der Waals surface area contributed by atoms with Crippen LogP contribution in [0.2, 0.25) is 0 Å². The van der Waals surface area contributed by atoms with Gasteiger partial charge in [-0.25, -0.2) is 4.79 Å². The molecule has 90 valence electrons. The highest BCUT2D eigenvalue weighted by Gasteiger charge is 2.38. The smallest absolute Gasteiger partial charge is 0.345 e. The molecule has 2 aliphatic rings. The lowest BCUT2D eigenvalue weighted by Crippen LogP contribution is -2.29. The molecule has 0 bridgehead atoms. The molecule has 0 aromatic heterocycles. The van der Waals surface area contributed by atoms with Crippen molar-refractivity contribution in [2.24, 2.45) is 5.92 Å². The fraction of sp³-hybridized carbons (Fsp3) is 0.417. The largest absolute Gasteiger partial charge is 0.478 e. The maximum absolute atomic E-state index is 11.0. The Balaban J connectivity index is 1.77. The number of benzene rings is 1. The first-order valence-corrected chi connectivity index (χ1v) is 5.53. The summed E-state index contributed by atoms with van der Waals surface area (Å²) in [5.41, 5.74) is 0. The Labute approximate surface area is 97.9 Å². The van der Waals surface area contributed by atoms with Gasteiger partial charge in [0.25, 0.3) is 0 Å². The Morgan fingerprint density at radius 1 is 1.35 bits per heavy atom. The van der Waals surface area contributed by atoms with Gasteiger partial charge in [-0.1, -0.05) is 0 Å². The molecule has 1 aromatic rings. The van der Waals surface area contributed by atoms with Gasteiger partial charge >= 0.3 is 5.97 Å². The van der Waals surface area contributed by atoms with Crippen LogP contribution in [0.5, 0.6) is 17.2 Å². The summed E-state index contributed by atoms with van der Waals surface area (Å²) >= 11 is 0. The molecule has 0 amide bonds. The highest BCUT2D eigenvalue weighted by Crippen LogP contribution is 2.38. The van der Waals surface area contributed by atoms with E-state index in [0.29, 0.717) is 17.2 Å². The Kier molecular flexibility index (Phi) is 2.31. The van der Waals surface area contributed by atoms with Gasteiger partial charge in [-0.2, -0.15) is 0 Å². The molecule has 1 aliphatic heterocycles. The van der Waals surface area contributed by atoms with Crippen LogP contribution in [-0.2, 0) is 4.79 Å². The second-order valence-corrected chi connectivity index (χ2v) is 4.23. The first-order chi connectivity index (χ1) is 8.24. The Morgan fingerprint density at radius 3 is 2.82 bits per heavy atom. The number of hydrogen-bond acceptors (Lipinski definition) is 4. The van der Waals surface area contributed by atoms with Crippen molar-refractivity contribution in [3.8, 4) is 17.2 Å². The predicted octanol–water partition coefficient (Wildman–Crippen LogP) is 1.66. The molecule has 1 aliphatic carbocycles. The zero-order valence-electron chi connectivity index (χ0n) is 9.09. The van der Waals surface area contributed by atoms with Crippen LogP contribution < -0.4 is 14.2 Å². The number of hydrogen-bond donors (Lipinski definition) is 1. The molecule has 5 nitrogen and oxygen atoms in total. The number of carboxylic acids is 1. The number of fused-ring (bicyclic) bond motifs is 1. The molecule has 1 unspecified atom stereocenters. The molecule has 1 saturated carbocycles. The van der Waals surface area contributed by atoms with Gasteiger partial charge in [0, 0.05) is 12.0 Å². The van der Waals surface area contributed by atoms with Crippen LogP contribution in [0, 0.1) is 5.92 Å². The Bertz CT molecular complexity index is 452. The van der Waals surface area contributed by atoms with Crippen molar-refractivity contribution < 1.29 is 24.1 Å². The lowest BCUT2D eigenvalue weighted by molar-refractivity contribution is -0.146. The molecule has 3 rings (SSSR count). The lowest BCUT2D eigenvalue weighted by Gasteiger charge is -2.14. The Morgan fingerprint density at radius 2 is 2.12 bits per heavy atom. The molecular formula is C12H12O5. The summed E-state index contributed by atoms with van der Waals surface area (Å²) < 4.78 is 15.9. The van der Waals surface area contributed by atoms with Gasteiger partial charge in [0.05, 0.1) is 0 Å². The van der Waals surface area contributed by atoms with E-state index in [4.69, 9.17) is 19.3 Å². The molecule has 1 fully saturated rings. The third kappa shape index (κ3) is 2.00. The van der Waals surface area contributed by atoms with E-state index in [-0.39, 0.29) is 12.7 Å². The number of ether oxygens (including phenoxy) is 3. The zero-order chi connectivity index (χ0) is 11.8. The van der Waals surface area contributed by atoms with E-state index >= 15 is 0 Å². The summed E-state index contributed by atoms with van der Waals surface area (Å²) in [5.74, 6) is 0.995. The number of rotatable bonds is 4. The average Bonchev–Trinajstić information content (AvgIpc) is 3.03. The minimum atomic E-state index is -0.912. The Hall–Kier alpha value is -1.91. The molecular weight excluding hydrogens is 224 g/mol. The van der Waals surface area contributed by atoms with Crippen LogP contribution >= 0.6 is 0 Å². The zero-order valence-corrected chi connectivity index (χ0v) is 9.09. The second kappa shape index (κ2) is 3.84. The van der Waals surface area contributed by atoms with Crippen LogP contribution in [-0.4, -0.2) is 24.0 Å². The fourth-order valence-electron chi connectivity index (χ4n) is 1.84. The van der Waals surface area contributed by atoms with Crippen molar-refractivity contribution in [3.05, 3.63) is 18.2 Å². The molecule has 17 heavy (non-hydrogen) atoms. The van der Waals surface area contributed by atoms with Crippen LogP contribution in [0.1, 0.15) is 12.8 Å². The SMILES string of the molecule is O=C(O)C(Oc1ccc2c(c1)OCO2)C1CC1.